The van der Waals surface area contributed by atoms with E-state index in [2.05, 4.69) is 0 Å². The SMILES string of the molecule is CC(C)(C)OC(=O)N(Cc1cc(CCO)cc(F)c1F)C1CC1. The number of ether oxygens (including phenoxy) is 1. The molecule has 0 aliphatic heterocycles. The lowest BCUT2D eigenvalue weighted by molar-refractivity contribution is 0.0214. The Morgan fingerprint density at radius 1 is 1.35 bits per heavy atom. The van der Waals surface area contributed by atoms with Gasteiger partial charge >= 0.3 is 6.09 Å². The third-order valence-electron chi connectivity index (χ3n) is 3.52. The van der Waals surface area contributed by atoms with E-state index >= 15 is 0 Å². The second-order valence-corrected chi connectivity index (χ2v) is 6.86. The fraction of sp³-hybridized carbons (Fsp3) is 0.588. The first-order chi connectivity index (χ1) is 10.7. The van der Waals surface area contributed by atoms with Crippen molar-refractivity contribution >= 4 is 6.09 Å². The Balaban J connectivity index is 2.21. The van der Waals surface area contributed by atoms with Crippen LogP contribution in [0.4, 0.5) is 13.6 Å². The molecule has 0 radical (unpaired) electrons. The number of nitrogens with zero attached hydrogens (tertiary/aromatic N) is 1. The second kappa shape index (κ2) is 6.83. The van der Waals surface area contributed by atoms with Gasteiger partial charge in [0, 0.05) is 18.2 Å². The van der Waals surface area contributed by atoms with E-state index in [0.29, 0.717) is 5.56 Å². The van der Waals surface area contributed by atoms with Crippen molar-refractivity contribution in [2.75, 3.05) is 6.61 Å². The first-order valence-electron chi connectivity index (χ1n) is 7.78. The van der Waals surface area contributed by atoms with Crippen molar-refractivity contribution in [3.63, 3.8) is 0 Å². The highest BCUT2D eigenvalue weighted by Gasteiger charge is 2.35. The first kappa shape index (κ1) is 17.7. The molecule has 0 bridgehead atoms. The maximum absolute atomic E-state index is 14.1. The largest absolute Gasteiger partial charge is 0.444 e. The van der Waals surface area contributed by atoms with Crippen LogP contribution in [0.15, 0.2) is 12.1 Å². The molecule has 1 N–H and O–H groups in total. The van der Waals surface area contributed by atoms with Gasteiger partial charge in [0.1, 0.15) is 5.60 Å². The van der Waals surface area contributed by atoms with Gasteiger partial charge in [-0.1, -0.05) is 6.07 Å². The fourth-order valence-electron chi connectivity index (χ4n) is 2.33. The van der Waals surface area contributed by atoms with Crippen molar-refractivity contribution in [2.24, 2.45) is 0 Å². The van der Waals surface area contributed by atoms with Gasteiger partial charge in [-0.2, -0.15) is 0 Å². The van der Waals surface area contributed by atoms with Gasteiger partial charge in [-0.05, 0) is 51.7 Å². The molecule has 128 valence electrons. The van der Waals surface area contributed by atoms with Crippen molar-refractivity contribution in [1.29, 1.82) is 0 Å². The van der Waals surface area contributed by atoms with Gasteiger partial charge in [-0.25, -0.2) is 13.6 Å². The summed E-state index contributed by atoms with van der Waals surface area (Å²) in [6, 6.07) is 2.58. The molecule has 1 saturated carbocycles. The third kappa shape index (κ3) is 4.89. The molecule has 0 heterocycles. The second-order valence-electron chi connectivity index (χ2n) is 6.86. The average Bonchev–Trinajstić information content (AvgIpc) is 3.23. The molecule has 4 nitrogen and oxygen atoms in total. The molecule has 2 rings (SSSR count). The molecule has 1 aromatic carbocycles. The Labute approximate surface area is 135 Å². The number of benzene rings is 1. The molecule has 1 aliphatic rings. The minimum Gasteiger partial charge on any atom is -0.444 e. The summed E-state index contributed by atoms with van der Waals surface area (Å²) in [5.41, 5.74) is -0.0419. The molecule has 0 aromatic heterocycles. The predicted molar refractivity (Wildman–Crippen MR) is 81.9 cm³/mol. The summed E-state index contributed by atoms with van der Waals surface area (Å²) in [7, 11) is 0. The van der Waals surface area contributed by atoms with Crippen molar-refractivity contribution in [2.45, 2.75) is 58.2 Å². The zero-order valence-electron chi connectivity index (χ0n) is 13.7. The summed E-state index contributed by atoms with van der Waals surface area (Å²) in [5, 5.41) is 8.97. The molecule has 0 atom stereocenters. The number of carbonyl (C=O) groups is 1. The van der Waals surface area contributed by atoms with Crippen LogP contribution in [0.2, 0.25) is 0 Å². The van der Waals surface area contributed by atoms with E-state index in [-0.39, 0.29) is 31.2 Å². The number of halogens is 2. The minimum absolute atomic E-state index is 0.00816. The summed E-state index contributed by atoms with van der Waals surface area (Å²) in [6.07, 6.45) is 1.38. The maximum atomic E-state index is 14.1. The van der Waals surface area contributed by atoms with E-state index < -0.39 is 23.3 Å². The number of hydrogen-bond donors (Lipinski definition) is 1. The number of aliphatic hydroxyl groups is 1. The Kier molecular flexibility index (Phi) is 5.24. The van der Waals surface area contributed by atoms with Crippen LogP contribution in [0.1, 0.15) is 44.7 Å². The van der Waals surface area contributed by atoms with Gasteiger partial charge in [0.15, 0.2) is 11.6 Å². The zero-order valence-corrected chi connectivity index (χ0v) is 13.7. The van der Waals surface area contributed by atoms with Crippen molar-refractivity contribution < 1.29 is 23.4 Å². The Morgan fingerprint density at radius 2 is 2.00 bits per heavy atom. The summed E-state index contributed by atoms with van der Waals surface area (Å²) >= 11 is 0. The average molecular weight is 327 g/mol. The topological polar surface area (TPSA) is 49.8 Å². The van der Waals surface area contributed by atoms with Crippen LogP contribution in [0.5, 0.6) is 0 Å². The molecule has 0 spiro atoms. The molecular weight excluding hydrogens is 304 g/mol. The summed E-state index contributed by atoms with van der Waals surface area (Å²) < 4.78 is 33.1. The lowest BCUT2D eigenvalue weighted by atomic mass is 10.1. The molecular formula is C17H23F2NO3. The van der Waals surface area contributed by atoms with E-state index in [9.17, 15) is 13.6 Å². The number of aliphatic hydroxyl groups excluding tert-OH is 1. The van der Waals surface area contributed by atoms with E-state index in [1.165, 1.54) is 11.0 Å². The molecule has 0 saturated heterocycles. The van der Waals surface area contributed by atoms with Crippen LogP contribution in [0.25, 0.3) is 0 Å². The summed E-state index contributed by atoms with van der Waals surface area (Å²) in [4.78, 5) is 13.7. The Morgan fingerprint density at radius 3 is 2.52 bits per heavy atom. The molecule has 1 fully saturated rings. The molecule has 6 heteroatoms. The van der Waals surface area contributed by atoms with Crippen LogP contribution >= 0.6 is 0 Å². The monoisotopic (exact) mass is 327 g/mol. The lowest BCUT2D eigenvalue weighted by Gasteiger charge is -2.27. The zero-order chi connectivity index (χ0) is 17.2. The number of hydrogen-bond acceptors (Lipinski definition) is 3. The van der Waals surface area contributed by atoms with Gasteiger partial charge < -0.3 is 14.7 Å². The van der Waals surface area contributed by atoms with Gasteiger partial charge in [0.05, 0.1) is 6.54 Å². The molecule has 23 heavy (non-hydrogen) atoms. The van der Waals surface area contributed by atoms with Crippen LogP contribution in [-0.2, 0) is 17.7 Å². The Hall–Kier alpha value is -1.69. The number of carbonyl (C=O) groups excluding carboxylic acids is 1. The van der Waals surface area contributed by atoms with Crippen molar-refractivity contribution in [1.82, 2.24) is 4.90 Å². The summed E-state index contributed by atoms with van der Waals surface area (Å²) in [6.45, 7) is 5.10. The third-order valence-corrected chi connectivity index (χ3v) is 3.52. The molecule has 0 unspecified atom stereocenters. The van der Waals surface area contributed by atoms with Crippen LogP contribution in [0, 0.1) is 11.6 Å². The lowest BCUT2D eigenvalue weighted by Crippen LogP contribution is -2.38. The first-order valence-corrected chi connectivity index (χ1v) is 7.78. The minimum atomic E-state index is -0.967. The van der Waals surface area contributed by atoms with Crippen LogP contribution < -0.4 is 0 Å². The predicted octanol–water partition coefficient (Wildman–Crippen LogP) is 3.40. The maximum Gasteiger partial charge on any atom is 0.410 e. The van der Waals surface area contributed by atoms with Crippen molar-refractivity contribution in [3.8, 4) is 0 Å². The van der Waals surface area contributed by atoms with Crippen molar-refractivity contribution in [3.05, 3.63) is 34.9 Å². The summed E-state index contributed by atoms with van der Waals surface area (Å²) in [5.74, 6) is -1.92. The fourth-order valence-corrected chi connectivity index (χ4v) is 2.33. The number of rotatable bonds is 5. The molecule has 1 aromatic rings. The van der Waals surface area contributed by atoms with Gasteiger partial charge in [0.2, 0.25) is 0 Å². The smallest absolute Gasteiger partial charge is 0.410 e. The van der Waals surface area contributed by atoms with E-state index in [1.807, 2.05) is 0 Å². The molecule has 1 amide bonds. The number of amides is 1. The quantitative estimate of drug-likeness (QED) is 0.902. The highest BCUT2D eigenvalue weighted by atomic mass is 19.2. The normalized spacial score (nSPS) is 14.7. The Bertz CT molecular complexity index is 580. The van der Waals surface area contributed by atoms with Gasteiger partial charge in [0.25, 0.3) is 0 Å². The van der Waals surface area contributed by atoms with E-state index in [0.717, 1.165) is 18.9 Å². The standard InChI is InChI=1S/C17H23F2NO3/c1-17(2,3)23-16(22)20(13-4-5-13)10-12-8-11(6-7-21)9-14(18)15(12)19/h8-9,13,21H,4-7,10H2,1-3H3. The van der Waals surface area contributed by atoms with Crippen LogP contribution in [-0.4, -0.2) is 34.3 Å². The highest BCUT2D eigenvalue weighted by molar-refractivity contribution is 5.69. The van der Waals surface area contributed by atoms with Crippen LogP contribution in [0.3, 0.4) is 0 Å². The highest BCUT2D eigenvalue weighted by Crippen LogP contribution is 2.31. The molecule has 1 aliphatic carbocycles. The van der Waals surface area contributed by atoms with E-state index in [4.69, 9.17) is 9.84 Å². The van der Waals surface area contributed by atoms with Gasteiger partial charge in [-0.3, -0.25) is 0 Å². The van der Waals surface area contributed by atoms with E-state index in [1.54, 1.807) is 20.8 Å². The van der Waals surface area contributed by atoms with Gasteiger partial charge in [-0.15, -0.1) is 0 Å².